The van der Waals surface area contributed by atoms with Crippen LogP contribution in [0.5, 0.6) is 0 Å². The van der Waals surface area contributed by atoms with Gasteiger partial charge in [0.05, 0.1) is 11.9 Å². The fourth-order valence-electron chi connectivity index (χ4n) is 1.29. The van der Waals surface area contributed by atoms with Crippen LogP contribution in [-0.4, -0.2) is 27.8 Å². The minimum atomic E-state index is -0.273. The molecule has 1 N–H and O–H groups in total. The summed E-state index contributed by atoms with van der Waals surface area (Å²) >= 11 is 7.71. The molecule has 1 unspecified atom stereocenters. The highest BCUT2D eigenvalue weighted by Crippen LogP contribution is 2.18. The third kappa shape index (κ3) is 3.15. The number of aromatic nitrogens is 2. The Bertz CT molecular complexity index is 408. The number of thioether (sulfide) groups is 1. The van der Waals surface area contributed by atoms with Crippen molar-refractivity contribution in [3.63, 3.8) is 0 Å². The molecule has 4 nitrogen and oxygen atoms in total. The van der Waals surface area contributed by atoms with Crippen molar-refractivity contribution in [1.29, 1.82) is 0 Å². The van der Waals surface area contributed by atoms with Crippen LogP contribution in [0, 0.1) is 0 Å². The van der Waals surface area contributed by atoms with Crippen LogP contribution in [0.1, 0.15) is 13.3 Å². The number of rotatable bonds is 5. The van der Waals surface area contributed by atoms with Crippen LogP contribution in [-0.2, 0) is 7.05 Å². The maximum Gasteiger partial charge on any atom is 0.287 e. The SMILES string of the molecule is CCC(CSC)Nc1cnn(C)c(=O)c1Cl. The first-order valence-electron chi connectivity index (χ1n) is 5.07. The Balaban J connectivity index is 2.89. The second-order valence-electron chi connectivity index (χ2n) is 3.51. The first-order chi connectivity index (χ1) is 7.60. The quantitative estimate of drug-likeness (QED) is 0.881. The van der Waals surface area contributed by atoms with Crippen molar-refractivity contribution < 1.29 is 0 Å². The molecule has 0 fully saturated rings. The van der Waals surface area contributed by atoms with Gasteiger partial charge in [-0.15, -0.1) is 0 Å². The Morgan fingerprint density at radius 2 is 2.38 bits per heavy atom. The van der Waals surface area contributed by atoms with Gasteiger partial charge in [-0.1, -0.05) is 18.5 Å². The van der Waals surface area contributed by atoms with E-state index in [-0.39, 0.29) is 10.6 Å². The maximum atomic E-state index is 11.5. The standard InChI is InChI=1S/C10H16ClN3OS/c1-4-7(6-16-3)13-8-5-12-14(2)10(15)9(8)11/h5,7,13H,4,6H2,1-3H3. The fourth-order valence-corrected chi connectivity index (χ4v) is 2.24. The van der Waals surface area contributed by atoms with Gasteiger partial charge in [0.1, 0.15) is 5.02 Å². The zero-order chi connectivity index (χ0) is 12.1. The molecule has 6 heteroatoms. The molecule has 90 valence electrons. The minimum absolute atomic E-state index is 0.206. The Morgan fingerprint density at radius 3 is 2.94 bits per heavy atom. The zero-order valence-electron chi connectivity index (χ0n) is 9.66. The van der Waals surface area contributed by atoms with Gasteiger partial charge in [0, 0.05) is 18.8 Å². The van der Waals surface area contributed by atoms with Gasteiger partial charge in [-0.25, -0.2) is 4.68 Å². The molecule has 1 heterocycles. The van der Waals surface area contributed by atoms with E-state index in [4.69, 9.17) is 11.6 Å². The average molecular weight is 262 g/mol. The Kier molecular flexibility index (Phi) is 5.15. The van der Waals surface area contributed by atoms with Crippen LogP contribution in [0.2, 0.25) is 5.02 Å². The molecular formula is C10H16ClN3OS. The maximum absolute atomic E-state index is 11.5. The first kappa shape index (κ1) is 13.4. The van der Waals surface area contributed by atoms with Crippen molar-refractivity contribution in [3.05, 3.63) is 21.6 Å². The molecule has 0 saturated carbocycles. The third-order valence-corrected chi connectivity index (χ3v) is 3.40. The molecule has 0 bridgehead atoms. The van der Waals surface area contributed by atoms with Gasteiger partial charge in [-0.2, -0.15) is 16.9 Å². The summed E-state index contributed by atoms with van der Waals surface area (Å²) in [4.78, 5) is 11.5. The Labute approximate surface area is 104 Å². The summed E-state index contributed by atoms with van der Waals surface area (Å²) in [5, 5.41) is 7.38. The molecule has 0 aliphatic rings. The van der Waals surface area contributed by atoms with Gasteiger partial charge in [0.25, 0.3) is 5.56 Å². The summed E-state index contributed by atoms with van der Waals surface area (Å²) in [6.07, 6.45) is 4.62. The van der Waals surface area contributed by atoms with Crippen molar-refractivity contribution in [3.8, 4) is 0 Å². The van der Waals surface area contributed by atoms with Crippen molar-refractivity contribution >= 4 is 29.1 Å². The molecule has 0 aliphatic carbocycles. The molecule has 16 heavy (non-hydrogen) atoms. The molecule has 0 aliphatic heterocycles. The van der Waals surface area contributed by atoms with E-state index in [2.05, 4.69) is 17.3 Å². The second kappa shape index (κ2) is 6.15. The number of halogens is 1. The van der Waals surface area contributed by atoms with Crippen LogP contribution < -0.4 is 10.9 Å². The van der Waals surface area contributed by atoms with Crippen LogP contribution in [0.25, 0.3) is 0 Å². The van der Waals surface area contributed by atoms with Gasteiger partial charge in [-0.3, -0.25) is 4.79 Å². The van der Waals surface area contributed by atoms with Gasteiger partial charge in [0.15, 0.2) is 0 Å². The van der Waals surface area contributed by atoms with Crippen LogP contribution >= 0.6 is 23.4 Å². The highest BCUT2D eigenvalue weighted by molar-refractivity contribution is 7.98. The lowest BCUT2D eigenvalue weighted by Crippen LogP contribution is -2.26. The third-order valence-electron chi connectivity index (χ3n) is 2.30. The molecule has 1 rings (SSSR count). The summed E-state index contributed by atoms with van der Waals surface area (Å²) in [6.45, 7) is 2.09. The Morgan fingerprint density at radius 1 is 1.69 bits per heavy atom. The molecule has 0 spiro atoms. The lowest BCUT2D eigenvalue weighted by atomic mass is 10.2. The van der Waals surface area contributed by atoms with E-state index in [9.17, 15) is 4.79 Å². The molecule has 0 amide bonds. The fraction of sp³-hybridized carbons (Fsp3) is 0.600. The van der Waals surface area contributed by atoms with Gasteiger partial charge < -0.3 is 5.32 Å². The van der Waals surface area contributed by atoms with Crippen molar-refractivity contribution in [1.82, 2.24) is 9.78 Å². The monoisotopic (exact) mass is 261 g/mol. The number of hydrogen-bond acceptors (Lipinski definition) is 4. The van der Waals surface area contributed by atoms with E-state index in [1.807, 2.05) is 6.26 Å². The van der Waals surface area contributed by atoms with Crippen molar-refractivity contribution in [2.75, 3.05) is 17.3 Å². The smallest absolute Gasteiger partial charge is 0.287 e. The molecule has 0 aromatic carbocycles. The van der Waals surface area contributed by atoms with Crippen molar-refractivity contribution in [2.24, 2.45) is 7.05 Å². The van der Waals surface area contributed by atoms with Gasteiger partial charge in [0.2, 0.25) is 0 Å². The highest BCUT2D eigenvalue weighted by atomic mass is 35.5. The van der Waals surface area contributed by atoms with Gasteiger partial charge in [-0.05, 0) is 12.7 Å². The van der Waals surface area contributed by atoms with Crippen LogP contribution in [0.3, 0.4) is 0 Å². The minimum Gasteiger partial charge on any atom is -0.379 e. The number of nitrogens with zero attached hydrogens (tertiary/aromatic N) is 2. The van der Waals surface area contributed by atoms with E-state index in [0.29, 0.717) is 11.7 Å². The summed E-state index contributed by atoms with van der Waals surface area (Å²) in [5.74, 6) is 0.974. The number of aryl methyl sites for hydroxylation is 1. The summed E-state index contributed by atoms with van der Waals surface area (Å²) in [5.41, 5.74) is 0.344. The van der Waals surface area contributed by atoms with E-state index < -0.39 is 0 Å². The average Bonchev–Trinajstić information content (AvgIpc) is 2.29. The van der Waals surface area contributed by atoms with E-state index >= 15 is 0 Å². The predicted octanol–water partition coefficient (Wildman–Crippen LogP) is 1.99. The highest BCUT2D eigenvalue weighted by Gasteiger charge is 2.11. The predicted molar refractivity (Wildman–Crippen MR) is 70.6 cm³/mol. The first-order valence-corrected chi connectivity index (χ1v) is 6.84. The lowest BCUT2D eigenvalue weighted by molar-refractivity contribution is 0.703. The van der Waals surface area contributed by atoms with E-state index in [1.165, 1.54) is 4.68 Å². The number of hydrogen-bond donors (Lipinski definition) is 1. The molecule has 1 aromatic heterocycles. The second-order valence-corrected chi connectivity index (χ2v) is 4.79. The topological polar surface area (TPSA) is 46.9 Å². The summed E-state index contributed by atoms with van der Waals surface area (Å²) in [6, 6.07) is 0.307. The normalized spacial score (nSPS) is 12.5. The molecule has 0 saturated heterocycles. The van der Waals surface area contributed by atoms with E-state index in [1.54, 1.807) is 25.0 Å². The van der Waals surface area contributed by atoms with Crippen LogP contribution in [0.15, 0.2) is 11.0 Å². The van der Waals surface area contributed by atoms with E-state index in [0.717, 1.165) is 12.2 Å². The lowest BCUT2D eigenvalue weighted by Gasteiger charge is -2.17. The summed E-state index contributed by atoms with van der Waals surface area (Å²) < 4.78 is 1.23. The largest absolute Gasteiger partial charge is 0.379 e. The molecular weight excluding hydrogens is 246 g/mol. The summed E-state index contributed by atoms with van der Waals surface area (Å²) in [7, 11) is 1.58. The Hall–Kier alpha value is -0.680. The molecule has 1 aromatic rings. The van der Waals surface area contributed by atoms with Crippen molar-refractivity contribution in [2.45, 2.75) is 19.4 Å². The molecule has 0 radical (unpaired) electrons. The number of anilines is 1. The molecule has 1 atom stereocenters. The zero-order valence-corrected chi connectivity index (χ0v) is 11.2. The van der Waals surface area contributed by atoms with Crippen LogP contribution in [0.4, 0.5) is 5.69 Å². The number of nitrogens with one attached hydrogen (secondary N) is 1. The van der Waals surface area contributed by atoms with Gasteiger partial charge >= 0.3 is 0 Å².